The highest BCUT2D eigenvalue weighted by Gasteiger charge is 2.42. The molecular formula is C12H24O. The monoisotopic (exact) mass is 184 g/mol. The molecule has 0 radical (unpaired) electrons. The maximum atomic E-state index is 10.2. The van der Waals surface area contributed by atoms with Crippen LogP contribution in [0, 0.1) is 16.7 Å². The lowest BCUT2D eigenvalue weighted by molar-refractivity contribution is -0.0228. The highest BCUT2D eigenvalue weighted by molar-refractivity contribution is 4.92. The first kappa shape index (κ1) is 11.0. The van der Waals surface area contributed by atoms with Gasteiger partial charge in [-0.1, -0.05) is 41.0 Å². The second-order valence-corrected chi connectivity index (χ2v) is 6.30. The van der Waals surface area contributed by atoms with Crippen LogP contribution in [-0.2, 0) is 0 Å². The SMILES string of the molecule is CC(C)(C)C(O)C1CCCC1(C)C. The molecule has 0 heterocycles. The lowest BCUT2D eigenvalue weighted by Gasteiger charge is -2.38. The molecule has 1 fully saturated rings. The molecule has 1 saturated carbocycles. The summed E-state index contributed by atoms with van der Waals surface area (Å²) in [4.78, 5) is 0. The Morgan fingerprint density at radius 2 is 1.85 bits per heavy atom. The van der Waals surface area contributed by atoms with Crippen LogP contribution in [-0.4, -0.2) is 11.2 Å². The van der Waals surface area contributed by atoms with Crippen molar-refractivity contribution in [2.75, 3.05) is 0 Å². The normalized spacial score (nSPS) is 30.5. The lowest BCUT2D eigenvalue weighted by atomic mass is 9.71. The fourth-order valence-electron chi connectivity index (χ4n) is 2.54. The Labute approximate surface area is 82.5 Å². The molecule has 13 heavy (non-hydrogen) atoms. The van der Waals surface area contributed by atoms with Crippen LogP contribution in [0.25, 0.3) is 0 Å². The minimum absolute atomic E-state index is 0.0340. The molecule has 0 aromatic rings. The van der Waals surface area contributed by atoms with Gasteiger partial charge in [-0.2, -0.15) is 0 Å². The van der Waals surface area contributed by atoms with Crippen LogP contribution in [0.1, 0.15) is 53.9 Å². The van der Waals surface area contributed by atoms with Crippen molar-refractivity contribution in [3.05, 3.63) is 0 Å². The fourth-order valence-corrected chi connectivity index (χ4v) is 2.54. The van der Waals surface area contributed by atoms with Gasteiger partial charge < -0.3 is 5.11 Å². The van der Waals surface area contributed by atoms with Gasteiger partial charge >= 0.3 is 0 Å². The molecule has 0 aromatic carbocycles. The van der Waals surface area contributed by atoms with Gasteiger partial charge in [0, 0.05) is 0 Å². The molecule has 78 valence electrons. The average Bonchev–Trinajstić information content (AvgIpc) is 2.26. The largest absolute Gasteiger partial charge is 0.392 e. The molecule has 1 rings (SSSR count). The third-order valence-corrected chi connectivity index (χ3v) is 3.61. The average molecular weight is 184 g/mol. The molecule has 0 bridgehead atoms. The minimum Gasteiger partial charge on any atom is -0.392 e. The first-order valence-corrected chi connectivity index (χ1v) is 5.43. The minimum atomic E-state index is -0.148. The lowest BCUT2D eigenvalue weighted by Crippen LogP contribution is -2.38. The first-order chi connectivity index (χ1) is 5.75. The highest BCUT2D eigenvalue weighted by Crippen LogP contribution is 2.47. The Morgan fingerprint density at radius 1 is 1.31 bits per heavy atom. The number of hydrogen-bond donors (Lipinski definition) is 1. The standard InChI is InChI=1S/C12H24O/c1-11(2,3)10(13)9-7-6-8-12(9,4)5/h9-10,13H,6-8H2,1-5H3. The molecule has 0 saturated heterocycles. The van der Waals surface area contributed by atoms with Crippen LogP contribution < -0.4 is 0 Å². The van der Waals surface area contributed by atoms with E-state index in [0.717, 1.165) is 0 Å². The van der Waals surface area contributed by atoms with Crippen LogP contribution in [0.2, 0.25) is 0 Å². The summed E-state index contributed by atoms with van der Waals surface area (Å²) in [6.45, 7) is 11.0. The van der Waals surface area contributed by atoms with Crippen LogP contribution in [0.5, 0.6) is 0 Å². The first-order valence-electron chi connectivity index (χ1n) is 5.43. The molecule has 1 N–H and O–H groups in total. The van der Waals surface area contributed by atoms with E-state index in [-0.39, 0.29) is 11.5 Å². The zero-order valence-electron chi connectivity index (χ0n) is 9.72. The van der Waals surface area contributed by atoms with Gasteiger partial charge in [0.15, 0.2) is 0 Å². The Morgan fingerprint density at radius 3 is 2.15 bits per heavy atom. The van der Waals surface area contributed by atoms with Crippen molar-refractivity contribution in [1.82, 2.24) is 0 Å². The molecule has 1 nitrogen and oxygen atoms in total. The third kappa shape index (κ3) is 2.25. The number of aliphatic hydroxyl groups is 1. The Hall–Kier alpha value is -0.0400. The summed E-state index contributed by atoms with van der Waals surface area (Å²) in [6.07, 6.45) is 3.60. The molecule has 0 spiro atoms. The molecule has 1 aliphatic rings. The molecular weight excluding hydrogens is 160 g/mol. The van der Waals surface area contributed by atoms with E-state index in [2.05, 4.69) is 34.6 Å². The smallest absolute Gasteiger partial charge is 0.0621 e. The predicted octanol–water partition coefficient (Wildman–Crippen LogP) is 3.22. The van der Waals surface area contributed by atoms with Gasteiger partial charge in [-0.3, -0.25) is 0 Å². The second-order valence-electron chi connectivity index (χ2n) is 6.30. The fraction of sp³-hybridized carbons (Fsp3) is 1.00. The maximum Gasteiger partial charge on any atom is 0.0621 e. The van der Waals surface area contributed by atoms with Crippen LogP contribution >= 0.6 is 0 Å². The summed E-state index contributed by atoms with van der Waals surface area (Å²) in [6, 6.07) is 0. The van der Waals surface area contributed by atoms with Gasteiger partial charge in [0.25, 0.3) is 0 Å². The predicted molar refractivity (Wildman–Crippen MR) is 56.6 cm³/mol. The molecule has 0 aliphatic heterocycles. The second kappa shape index (κ2) is 3.27. The summed E-state index contributed by atoms with van der Waals surface area (Å²) < 4.78 is 0. The van der Waals surface area contributed by atoms with Crippen LogP contribution in [0.3, 0.4) is 0 Å². The van der Waals surface area contributed by atoms with Gasteiger partial charge in [-0.25, -0.2) is 0 Å². The van der Waals surface area contributed by atoms with E-state index < -0.39 is 0 Å². The van der Waals surface area contributed by atoms with Crippen molar-refractivity contribution in [3.8, 4) is 0 Å². The van der Waals surface area contributed by atoms with E-state index in [0.29, 0.717) is 11.3 Å². The summed E-state index contributed by atoms with van der Waals surface area (Å²) >= 11 is 0. The quantitative estimate of drug-likeness (QED) is 0.663. The maximum absolute atomic E-state index is 10.2. The van der Waals surface area contributed by atoms with Crippen LogP contribution in [0.15, 0.2) is 0 Å². The van der Waals surface area contributed by atoms with Gasteiger partial charge in [0.05, 0.1) is 6.10 Å². The summed E-state index contributed by atoms with van der Waals surface area (Å²) in [5.41, 5.74) is 0.374. The molecule has 1 aliphatic carbocycles. The Kier molecular flexibility index (Phi) is 2.78. The van der Waals surface area contributed by atoms with Gasteiger partial charge in [0.1, 0.15) is 0 Å². The molecule has 1 heteroatoms. The summed E-state index contributed by atoms with van der Waals surface area (Å²) in [5.74, 6) is 0.493. The molecule has 0 amide bonds. The third-order valence-electron chi connectivity index (χ3n) is 3.61. The number of rotatable bonds is 1. The van der Waals surface area contributed by atoms with Crippen molar-refractivity contribution in [1.29, 1.82) is 0 Å². The van der Waals surface area contributed by atoms with Crippen molar-refractivity contribution < 1.29 is 5.11 Å². The zero-order chi connectivity index (χ0) is 10.3. The topological polar surface area (TPSA) is 20.2 Å². The Bertz CT molecular complexity index is 176. The van der Waals surface area contributed by atoms with E-state index in [1.54, 1.807) is 0 Å². The van der Waals surface area contributed by atoms with Gasteiger partial charge in [0.2, 0.25) is 0 Å². The zero-order valence-corrected chi connectivity index (χ0v) is 9.72. The molecule has 2 unspecified atom stereocenters. The summed E-state index contributed by atoms with van der Waals surface area (Å²) in [7, 11) is 0. The summed E-state index contributed by atoms with van der Waals surface area (Å²) in [5, 5.41) is 10.2. The van der Waals surface area contributed by atoms with E-state index in [1.807, 2.05) is 0 Å². The molecule has 0 aromatic heterocycles. The van der Waals surface area contributed by atoms with Crippen molar-refractivity contribution in [3.63, 3.8) is 0 Å². The number of hydrogen-bond acceptors (Lipinski definition) is 1. The van der Waals surface area contributed by atoms with Crippen molar-refractivity contribution >= 4 is 0 Å². The molecule has 2 atom stereocenters. The Balaban J connectivity index is 2.72. The number of aliphatic hydroxyl groups excluding tert-OH is 1. The van der Waals surface area contributed by atoms with Gasteiger partial charge in [-0.05, 0) is 29.6 Å². The van der Waals surface area contributed by atoms with Crippen molar-refractivity contribution in [2.24, 2.45) is 16.7 Å². The van der Waals surface area contributed by atoms with Gasteiger partial charge in [-0.15, -0.1) is 0 Å². The van der Waals surface area contributed by atoms with E-state index >= 15 is 0 Å². The van der Waals surface area contributed by atoms with E-state index in [4.69, 9.17) is 0 Å². The van der Waals surface area contributed by atoms with E-state index in [9.17, 15) is 5.11 Å². The van der Waals surface area contributed by atoms with Crippen molar-refractivity contribution in [2.45, 2.75) is 60.0 Å². The van der Waals surface area contributed by atoms with E-state index in [1.165, 1.54) is 19.3 Å². The van der Waals surface area contributed by atoms with Crippen LogP contribution in [0.4, 0.5) is 0 Å². The highest BCUT2D eigenvalue weighted by atomic mass is 16.3.